The van der Waals surface area contributed by atoms with E-state index in [2.05, 4.69) is 9.67 Å². The van der Waals surface area contributed by atoms with Crippen LogP contribution in [0.3, 0.4) is 0 Å². The first-order valence-electron chi connectivity index (χ1n) is 6.54. The van der Waals surface area contributed by atoms with E-state index in [4.69, 9.17) is 29.6 Å². The van der Waals surface area contributed by atoms with Crippen LogP contribution >= 0.6 is 23.8 Å². The van der Waals surface area contributed by atoms with Crippen LogP contribution in [0.5, 0.6) is 0 Å². The monoisotopic (exact) mass is 318 g/mol. The molecule has 0 saturated heterocycles. The van der Waals surface area contributed by atoms with Gasteiger partial charge in [0.25, 0.3) is 0 Å². The first kappa shape index (κ1) is 14.1. The van der Waals surface area contributed by atoms with Crippen molar-refractivity contribution in [3.8, 4) is 0 Å². The van der Waals surface area contributed by atoms with Crippen molar-refractivity contribution in [2.75, 3.05) is 0 Å². The maximum absolute atomic E-state index is 6.33. The quantitative estimate of drug-likeness (QED) is 0.755. The molecule has 0 bridgehead atoms. The van der Waals surface area contributed by atoms with Crippen molar-refractivity contribution in [1.82, 2.24) is 14.3 Å². The molecule has 0 spiro atoms. The van der Waals surface area contributed by atoms with Crippen LogP contribution in [0.2, 0.25) is 5.02 Å². The number of nitrogens with two attached hydrogens (primary N) is 1. The molecule has 6 heteroatoms. The third kappa shape index (κ3) is 2.32. The number of benzene rings is 1. The van der Waals surface area contributed by atoms with Crippen molar-refractivity contribution < 1.29 is 0 Å². The van der Waals surface area contributed by atoms with E-state index >= 15 is 0 Å². The first-order chi connectivity index (χ1) is 9.99. The number of rotatable bonds is 3. The molecule has 0 aliphatic heterocycles. The fraction of sp³-hybridized carbons (Fsp3) is 0.200. The molecule has 1 aromatic carbocycles. The minimum atomic E-state index is 0.410. The van der Waals surface area contributed by atoms with Gasteiger partial charge < -0.3 is 10.3 Å². The third-order valence-corrected chi connectivity index (χ3v) is 4.37. The van der Waals surface area contributed by atoms with Crippen molar-refractivity contribution in [1.29, 1.82) is 0 Å². The van der Waals surface area contributed by atoms with Crippen LogP contribution in [-0.4, -0.2) is 19.3 Å². The van der Waals surface area contributed by atoms with Crippen molar-refractivity contribution in [3.05, 3.63) is 52.4 Å². The second kappa shape index (κ2) is 5.16. The number of hydrogen-bond acceptors (Lipinski definition) is 2. The molecule has 0 amide bonds. The first-order valence-corrected chi connectivity index (χ1v) is 7.33. The third-order valence-electron chi connectivity index (χ3n) is 3.66. The molecule has 3 rings (SSSR count). The second-order valence-electron chi connectivity index (χ2n) is 5.02. The van der Waals surface area contributed by atoms with Crippen LogP contribution in [0, 0.1) is 6.92 Å². The molecule has 0 fully saturated rings. The summed E-state index contributed by atoms with van der Waals surface area (Å²) in [6.07, 6.45) is 2.02. The Morgan fingerprint density at radius 1 is 1.38 bits per heavy atom. The Labute approximate surface area is 133 Å². The summed E-state index contributed by atoms with van der Waals surface area (Å²) in [5.41, 5.74) is 9.58. The van der Waals surface area contributed by atoms with Gasteiger partial charge in [-0.25, -0.2) is 0 Å². The number of hydrogen-bond donors (Lipinski definition) is 1. The predicted molar refractivity (Wildman–Crippen MR) is 89.9 cm³/mol. The number of fused-ring (bicyclic) bond motifs is 1. The molecule has 4 nitrogen and oxygen atoms in total. The lowest BCUT2D eigenvalue weighted by molar-refractivity contribution is 0.673. The molecule has 2 aromatic heterocycles. The summed E-state index contributed by atoms with van der Waals surface area (Å²) in [6, 6.07) is 7.98. The zero-order valence-corrected chi connectivity index (χ0v) is 13.4. The van der Waals surface area contributed by atoms with Crippen molar-refractivity contribution in [2.45, 2.75) is 13.5 Å². The van der Waals surface area contributed by atoms with Crippen LogP contribution in [0.25, 0.3) is 10.9 Å². The molecule has 108 valence electrons. The van der Waals surface area contributed by atoms with Crippen LogP contribution < -0.4 is 5.73 Å². The highest BCUT2D eigenvalue weighted by atomic mass is 35.5. The Bertz CT molecular complexity index is 847. The highest BCUT2D eigenvalue weighted by Crippen LogP contribution is 2.24. The van der Waals surface area contributed by atoms with E-state index in [0.29, 0.717) is 16.6 Å². The fourth-order valence-electron chi connectivity index (χ4n) is 2.59. The summed E-state index contributed by atoms with van der Waals surface area (Å²) >= 11 is 11.4. The van der Waals surface area contributed by atoms with Gasteiger partial charge in [0.1, 0.15) is 4.99 Å². The molecular weight excluding hydrogens is 304 g/mol. The van der Waals surface area contributed by atoms with E-state index in [1.54, 1.807) is 0 Å². The van der Waals surface area contributed by atoms with Gasteiger partial charge in [0.15, 0.2) is 0 Å². The molecule has 0 aliphatic rings. The number of aryl methyl sites for hydroxylation is 2. The van der Waals surface area contributed by atoms with Gasteiger partial charge in [0, 0.05) is 29.7 Å². The molecule has 2 N–H and O–H groups in total. The molecule has 0 radical (unpaired) electrons. The van der Waals surface area contributed by atoms with Crippen molar-refractivity contribution in [2.24, 2.45) is 12.8 Å². The van der Waals surface area contributed by atoms with Gasteiger partial charge in [-0.1, -0.05) is 36.0 Å². The van der Waals surface area contributed by atoms with Crippen LogP contribution in [-0.2, 0) is 13.6 Å². The average molecular weight is 319 g/mol. The van der Waals surface area contributed by atoms with Gasteiger partial charge in [-0.3, -0.25) is 4.68 Å². The molecule has 2 heterocycles. The maximum atomic E-state index is 6.33. The highest BCUT2D eigenvalue weighted by molar-refractivity contribution is 7.80. The maximum Gasteiger partial charge on any atom is 0.104 e. The van der Waals surface area contributed by atoms with E-state index in [0.717, 1.165) is 27.9 Å². The normalized spacial score (nSPS) is 11.2. The molecule has 0 saturated carbocycles. The van der Waals surface area contributed by atoms with Crippen LogP contribution in [0.1, 0.15) is 17.0 Å². The zero-order valence-electron chi connectivity index (χ0n) is 11.8. The fourth-order valence-corrected chi connectivity index (χ4v) is 2.99. The van der Waals surface area contributed by atoms with E-state index in [1.807, 2.05) is 49.1 Å². The summed E-state index contributed by atoms with van der Waals surface area (Å²) in [4.78, 5) is 0.410. The molecule has 3 aromatic rings. The number of halogens is 1. The second-order valence-corrected chi connectivity index (χ2v) is 5.83. The predicted octanol–water partition coefficient (Wildman–Crippen LogP) is 3.02. The Kier molecular flexibility index (Phi) is 3.47. The standard InChI is InChI=1S/C15H15ClN4S/c1-9-14(16)13(19(2)18-9)8-20-7-6-10-11(15(17)21)4-3-5-12(10)20/h3-7H,8H2,1-2H3,(H2,17,21). The van der Waals surface area contributed by atoms with Gasteiger partial charge >= 0.3 is 0 Å². The Morgan fingerprint density at radius 3 is 2.76 bits per heavy atom. The largest absolute Gasteiger partial charge is 0.389 e. The van der Waals surface area contributed by atoms with E-state index in [1.165, 1.54) is 0 Å². The molecular formula is C15H15ClN4S. The number of aromatic nitrogens is 3. The van der Waals surface area contributed by atoms with Crippen molar-refractivity contribution >= 4 is 39.7 Å². The summed E-state index contributed by atoms with van der Waals surface area (Å²) in [5, 5.41) is 6.12. The molecule has 21 heavy (non-hydrogen) atoms. The van der Waals surface area contributed by atoms with E-state index in [-0.39, 0.29) is 0 Å². The topological polar surface area (TPSA) is 48.8 Å². The SMILES string of the molecule is Cc1nn(C)c(Cn2ccc3c(C(N)=S)cccc32)c1Cl. The Balaban J connectivity index is 2.10. The van der Waals surface area contributed by atoms with Gasteiger partial charge in [0.2, 0.25) is 0 Å². The lowest BCUT2D eigenvalue weighted by atomic mass is 10.1. The smallest absolute Gasteiger partial charge is 0.104 e. The average Bonchev–Trinajstić information content (AvgIpc) is 2.95. The summed E-state index contributed by atoms with van der Waals surface area (Å²) < 4.78 is 3.94. The summed E-state index contributed by atoms with van der Waals surface area (Å²) in [5.74, 6) is 0. The van der Waals surface area contributed by atoms with Crippen LogP contribution in [0.15, 0.2) is 30.5 Å². The van der Waals surface area contributed by atoms with Crippen molar-refractivity contribution in [3.63, 3.8) is 0 Å². The van der Waals surface area contributed by atoms with Gasteiger partial charge in [-0.05, 0) is 19.1 Å². The molecule has 0 aliphatic carbocycles. The molecule has 0 atom stereocenters. The minimum absolute atomic E-state index is 0.410. The Morgan fingerprint density at radius 2 is 2.14 bits per heavy atom. The van der Waals surface area contributed by atoms with Gasteiger partial charge in [-0.2, -0.15) is 5.10 Å². The number of thiocarbonyl (C=S) groups is 1. The van der Waals surface area contributed by atoms with Gasteiger partial charge in [0.05, 0.1) is 23.0 Å². The number of nitrogens with zero attached hydrogens (tertiary/aromatic N) is 3. The summed E-state index contributed by atoms with van der Waals surface area (Å²) in [7, 11) is 1.90. The van der Waals surface area contributed by atoms with Gasteiger partial charge in [-0.15, -0.1) is 0 Å². The highest BCUT2D eigenvalue weighted by Gasteiger charge is 2.13. The van der Waals surface area contributed by atoms with Crippen LogP contribution in [0.4, 0.5) is 0 Å². The van der Waals surface area contributed by atoms with E-state index in [9.17, 15) is 0 Å². The lowest BCUT2D eigenvalue weighted by Gasteiger charge is -2.08. The van der Waals surface area contributed by atoms with E-state index < -0.39 is 0 Å². The Hall–Kier alpha value is -1.85. The lowest BCUT2D eigenvalue weighted by Crippen LogP contribution is -2.10. The summed E-state index contributed by atoms with van der Waals surface area (Å²) in [6.45, 7) is 2.56. The zero-order chi connectivity index (χ0) is 15.1. The minimum Gasteiger partial charge on any atom is -0.389 e. The molecule has 0 unspecified atom stereocenters.